The summed E-state index contributed by atoms with van der Waals surface area (Å²) in [6.07, 6.45) is 0.268. The van der Waals surface area contributed by atoms with Crippen LogP contribution >= 0.6 is 34.5 Å². The van der Waals surface area contributed by atoms with Gasteiger partial charge in [0.1, 0.15) is 0 Å². The number of thiazole rings is 1. The van der Waals surface area contributed by atoms with Crippen LogP contribution in [0.25, 0.3) is 0 Å². The smallest absolute Gasteiger partial charge is 0.229 e. The molecule has 10 heteroatoms. The molecule has 0 radical (unpaired) electrons. The van der Waals surface area contributed by atoms with Gasteiger partial charge in [0, 0.05) is 42.9 Å². The molecule has 0 bridgehead atoms. The van der Waals surface area contributed by atoms with Crippen molar-refractivity contribution in [3.8, 4) is 0 Å². The van der Waals surface area contributed by atoms with E-state index in [1.54, 1.807) is 6.07 Å². The number of carbonyl (C=O) groups excluding carboxylic acids is 1. The number of hydrogen-bond donors (Lipinski definition) is 1. The van der Waals surface area contributed by atoms with Crippen LogP contribution < -0.4 is 10.2 Å². The molecule has 31 heavy (non-hydrogen) atoms. The van der Waals surface area contributed by atoms with Crippen molar-refractivity contribution in [1.29, 1.82) is 0 Å². The first-order chi connectivity index (χ1) is 14.9. The first-order valence-corrected chi connectivity index (χ1v) is 11.5. The van der Waals surface area contributed by atoms with Crippen molar-refractivity contribution in [3.05, 3.63) is 56.8 Å². The average Bonchev–Trinajstić information content (AvgIpc) is 3.16. The van der Waals surface area contributed by atoms with Crippen LogP contribution in [0.1, 0.15) is 17.1 Å². The van der Waals surface area contributed by atoms with Gasteiger partial charge in [-0.25, -0.2) is 15.0 Å². The number of carbonyl (C=O) groups is 1. The van der Waals surface area contributed by atoms with Crippen molar-refractivity contribution in [2.45, 2.75) is 20.3 Å². The molecule has 3 heterocycles. The number of aromatic nitrogens is 3. The van der Waals surface area contributed by atoms with Crippen molar-refractivity contribution >= 4 is 57.2 Å². The fourth-order valence-corrected chi connectivity index (χ4v) is 4.64. The van der Waals surface area contributed by atoms with Crippen molar-refractivity contribution < 1.29 is 4.79 Å². The molecule has 1 fully saturated rings. The van der Waals surface area contributed by atoms with E-state index in [4.69, 9.17) is 23.2 Å². The van der Waals surface area contributed by atoms with Crippen molar-refractivity contribution in [2.24, 2.45) is 0 Å². The van der Waals surface area contributed by atoms with E-state index in [-0.39, 0.29) is 12.3 Å². The third-order valence-electron chi connectivity index (χ3n) is 4.99. The van der Waals surface area contributed by atoms with Crippen LogP contribution in [-0.2, 0) is 11.2 Å². The van der Waals surface area contributed by atoms with Crippen molar-refractivity contribution in [1.82, 2.24) is 19.9 Å². The number of nitrogens with zero attached hydrogens (tertiary/aromatic N) is 5. The van der Waals surface area contributed by atoms with Gasteiger partial charge in [-0.05, 0) is 32.0 Å². The molecule has 162 valence electrons. The number of amides is 1. The maximum absolute atomic E-state index is 12.8. The predicted octanol–water partition coefficient (Wildman–Crippen LogP) is 4.49. The van der Waals surface area contributed by atoms with E-state index in [1.165, 1.54) is 11.3 Å². The number of anilines is 3. The van der Waals surface area contributed by atoms with Gasteiger partial charge in [-0.15, -0.1) is 11.3 Å². The molecule has 1 aliphatic heterocycles. The zero-order valence-corrected chi connectivity index (χ0v) is 19.6. The zero-order chi connectivity index (χ0) is 22.0. The van der Waals surface area contributed by atoms with E-state index in [0.717, 1.165) is 22.8 Å². The average molecular weight is 477 g/mol. The Morgan fingerprint density at radius 3 is 2.52 bits per heavy atom. The lowest BCUT2D eigenvalue weighted by atomic mass is 10.2. The quantitative estimate of drug-likeness (QED) is 0.584. The molecular formula is C21H22Cl2N6OS. The van der Waals surface area contributed by atoms with Crippen molar-refractivity contribution in [2.75, 3.05) is 36.4 Å². The number of halogens is 2. The molecule has 0 unspecified atom stereocenters. The summed E-state index contributed by atoms with van der Waals surface area (Å²) in [6.45, 7) is 6.53. The Bertz CT molecular complexity index is 1080. The van der Waals surface area contributed by atoms with E-state index in [2.05, 4.69) is 25.2 Å². The number of aryl methyl sites for hydroxylation is 2. The number of rotatable bonds is 5. The third-order valence-corrected chi connectivity index (χ3v) is 6.60. The summed E-state index contributed by atoms with van der Waals surface area (Å²) in [5.74, 6) is 0.580. The molecule has 1 N–H and O–H groups in total. The van der Waals surface area contributed by atoms with Crippen LogP contribution in [0.2, 0.25) is 10.0 Å². The highest BCUT2D eigenvalue weighted by molar-refractivity contribution is 7.13. The minimum atomic E-state index is 0.0661. The van der Waals surface area contributed by atoms with Crippen LogP contribution in [0, 0.1) is 13.8 Å². The molecule has 1 saturated heterocycles. The molecule has 1 aliphatic rings. The van der Waals surface area contributed by atoms with E-state index in [0.29, 0.717) is 47.3 Å². The number of piperazine rings is 1. The molecule has 7 nitrogen and oxygen atoms in total. The van der Waals surface area contributed by atoms with E-state index in [9.17, 15) is 4.79 Å². The number of hydrogen-bond acceptors (Lipinski definition) is 7. The molecule has 0 atom stereocenters. The first kappa shape index (κ1) is 21.8. The van der Waals surface area contributed by atoms with Crippen molar-refractivity contribution in [3.63, 3.8) is 0 Å². The summed E-state index contributed by atoms with van der Waals surface area (Å²) < 4.78 is 0. The summed E-state index contributed by atoms with van der Waals surface area (Å²) in [6, 6.07) is 7.53. The van der Waals surface area contributed by atoms with Gasteiger partial charge in [-0.2, -0.15) is 0 Å². The van der Waals surface area contributed by atoms with Crippen LogP contribution in [0.15, 0.2) is 29.6 Å². The molecular weight excluding hydrogens is 455 g/mol. The minimum absolute atomic E-state index is 0.0661. The maximum Gasteiger partial charge on any atom is 0.229 e. The second kappa shape index (κ2) is 9.38. The van der Waals surface area contributed by atoms with Crippen LogP contribution in [0.5, 0.6) is 0 Å². The van der Waals surface area contributed by atoms with Crippen LogP contribution in [0.4, 0.5) is 16.8 Å². The summed E-state index contributed by atoms with van der Waals surface area (Å²) in [5.41, 5.74) is 3.42. The molecule has 3 aromatic rings. The molecule has 1 aromatic carbocycles. The summed E-state index contributed by atoms with van der Waals surface area (Å²) in [5, 5.41) is 6.78. The Morgan fingerprint density at radius 1 is 1.10 bits per heavy atom. The minimum Gasteiger partial charge on any atom is -0.367 e. The Hall–Kier alpha value is -2.42. The van der Waals surface area contributed by atoms with Gasteiger partial charge in [-0.1, -0.05) is 29.3 Å². The Labute approximate surface area is 195 Å². The van der Waals surface area contributed by atoms with Gasteiger partial charge in [0.2, 0.25) is 11.9 Å². The van der Waals surface area contributed by atoms with Gasteiger partial charge in [0.25, 0.3) is 0 Å². The van der Waals surface area contributed by atoms with Gasteiger partial charge < -0.3 is 15.1 Å². The fourth-order valence-electron chi connectivity index (χ4n) is 3.52. The lowest BCUT2D eigenvalue weighted by Crippen LogP contribution is -2.49. The normalized spacial score (nSPS) is 14.1. The van der Waals surface area contributed by atoms with Crippen LogP contribution in [0.3, 0.4) is 0 Å². The van der Waals surface area contributed by atoms with Gasteiger partial charge in [0.05, 0.1) is 27.8 Å². The maximum atomic E-state index is 12.8. The predicted molar refractivity (Wildman–Crippen MR) is 126 cm³/mol. The third kappa shape index (κ3) is 5.26. The Balaban J connectivity index is 1.33. The summed E-state index contributed by atoms with van der Waals surface area (Å²) in [4.78, 5) is 30.0. The highest BCUT2D eigenvalue weighted by atomic mass is 35.5. The lowest BCUT2D eigenvalue weighted by molar-refractivity contribution is -0.130. The molecule has 2 aromatic heterocycles. The molecule has 0 saturated carbocycles. The topological polar surface area (TPSA) is 74.2 Å². The highest BCUT2D eigenvalue weighted by Gasteiger charge is 2.23. The standard InChI is InChI=1S/C21H22Cl2N6OS/c1-13-10-14(2)25-20(24-13)27-21-26-15(12-31-21)11-18(30)29-8-6-28(7-9-29)17-5-3-4-16(22)19(17)23/h3-5,10,12H,6-9,11H2,1-2H3,(H,24,25,26,27). The largest absolute Gasteiger partial charge is 0.367 e. The second-order valence-electron chi connectivity index (χ2n) is 7.36. The van der Waals surface area contributed by atoms with Gasteiger partial charge in [-0.3, -0.25) is 4.79 Å². The fraction of sp³-hybridized carbons (Fsp3) is 0.333. The second-order valence-corrected chi connectivity index (χ2v) is 9.00. The molecule has 1 amide bonds. The SMILES string of the molecule is Cc1cc(C)nc(Nc2nc(CC(=O)N3CCN(c4cccc(Cl)c4Cl)CC3)cs2)n1. The Morgan fingerprint density at radius 2 is 1.81 bits per heavy atom. The summed E-state index contributed by atoms with van der Waals surface area (Å²) >= 11 is 13.9. The summed E-state index contributed by atoms with van der Waals surface area (Å²) in [7, 11) is 0. The van der Waals surface area contributed by atoms with Gasteiger partial charge in [0.15, 0.2) is 5.13 Å². The van der Waals surface area contributed by atoms with Gasteiger partial charge >= 0.3 is 0 Å². The van der Waals surface area contributed by atoms with E-state index in [1.807, 2.05) is 42.3 Å². The zero-order valence-electron chi connectivity index (χ0n) is 17.2. The number of benzene rings is 1. The van der Waals surface area contributed by atoms with Crippen LogP contribution in [-0.4, -0.2) is 51.9 Å². The first-order valence-electron chi connectivity index (χ1n) is 9.89. The Kier molecular flexibility index (Phi) is 6.60. The lowest BCUT2D eigenvalue weighted by Gasteiger charge is -2.36. The van der Waals surface area contributed by atoms with E-state index >= 15 is 0 Å². The highest BCUT2D eigenvalue weighted by Crippen LogP contribution is 2.33. The monoisotopic (exact) mass is 476 g/mol. The molecule has 0 aliphatic carbocycles. The molecule has 0 spiro atoms. The number of nitrogens with one attached hydrogen (secondary N) is 1. The molecule has 4 rings (SSSR count). The van der Waals surface area contributed by atoms with E-state index < -0.39 is 0 Å².